The topological polar surface area (TPSA) is 78.3 Å². The van der Waals surface area contributed by atoms with Crippen LogP contribution >= 0.6 is 0 Å². The number of aromatic nitrogens is 1. The predicted octanol–water partition coefficient (Wildman–Crippen LogP) is 3.75. The second kappa shape index (κ2) is 8.55. The molecule has 0 bridgehead atoms. The average Bonchev–Trinajstić information content (AvgIpc) is 3.41. The molecular formula is C23H27N3O3. The highest BCUT2D eigenvalue weighted by atomic mass is 16.3. The van der Waals surface area contributed by atoms with Crippen LogP contribution in [0, 0.1) is 5.92 Å². The molecule has 0 saturated carbocycles. The smallest absolute Gasteiger partial charge is 0.270 e. The van der Waals surface area contributed by atoms with E-state index in [2.05, 4.69) is 10.3 Å². The van der Waals surface area contributed by atoms with Gasteiger partial charge in [-0.25, -0.2) is 0 Å². The van der Waals surface area contributed by atoms with Crippen LogP contribution in [0.5, 0.6) is 0 Å². The van der Waals surface area contributed by atoms with Gasteiger partial charge in [0.25, 0.3) is 5.91 Å². The number of amides is 2. The molecule has 1 fully saturated rings. The molecule has 2 amide bonds. The number of furan rings is 1. The van der Waals surface area contributed by atoms with Crippen LogP contribution in [0.2, 0.25) is 0 Å². The number of carbonyl (C=O) groups is 2. The van der Waals surface area contributed by atoms with Gasteiger partial charge in [-0.05, 0) is 50.5 Å². The van der Waals surface area contributed by atoms with Crippen molar-refractivity contribution in [2.24, 2.45) is 5.92 Å². The summed E-state index contributed by atoms with van der Waals surface area (Å²) in [5, 5.41) is 4.13. The fourth-order valence-electron chi connectivity index (χ4n) is 3.98. The molecule has 152 valence electrons. The lowest BCUT2D eigenvalue weighted by Gasteiger charge is -2.32. The minimum Gasteiger partial charge on any atom is -0.469 e. The maximum Gasteiger partial charge on any atom is 0.270 e. The number of para-hydroxylation sites is 1. The summed E-state index contributed by atoms with van der Waals surface area (Å²) in [5.74, 6) is 0.762. The van der Waals surface area contributed by atoms with Crippen LogP contribution in [0.1, 0.15) is 42.4 Å². The number of nitrogens with one attached hydrogen (secondary N) is 2. The summed E-state index contributed by atoms with van der Waals surface area (Å²) in [5.41, 5.74) is 1.53. The highest BCUT2D eigenvalue weighted by molar-refractivity contribution is 5.98. The first kappa shape index (κ1) is 19.3. The third-order valence-corrected chi connectivity index (χ3v) is 5.63. The second-order valence-electron chi connectivity index (χ2n) is 7.89. The zero-order chi connectivity index (χ0) is 20.2. The number of piperidine rings is 1. The summed E-state index contributed by atoms with van der Waals surface area (Å²) in [6, 6.07) is 13.6. The summed E-state index contributed by atoms with van der Waals surface area (Å²) in [6.07, 6.45) is 4.94. The van der Waals surface area contributed by atoms with Crippen LogP contribution in [0.4, 0.5) is 0 Å². The second-order valence-corrected chi connectivity index (χ2v) is 7.89. The highest BCUT2D eigenvalue weighted by Gasteiger charge is 2.30. The molecule has 3 heterocycles. The lowest BCUT2D eigenvalue weighted by atomic mass is 9.96. The first-order valence-electron chi connectivity index (χ1n) is 10.3. The summed E-state index contributed by atoms with van der Waals surface area (Å²) in [4.78, 5) is 30.7. The van der Waals surface area contributed by atoms with Gasteiger partial charge in [-0.3, -0.25) is 9.59 Å². The molecule has 1 aromatic carbocycles. The third kappa shape index (κ3) is 4.53. The molecule has 4 rings (SSSR count). The molecule has 1 saturated heterocycles. The molecule has 2 atom stereocenters. The molecule has 29 heavy (non-hydrogen) atoms. The fraction of sp³-hybridized carbons (Fsp3) is 0.391. The van der Waals surface area contributed by atoms with Crippen molar-refractivity contribution >= 4 is 22.7 Å². The number of likely N-dealkylation sites (tertiary alicyclic amines) is 1. The minimum absolute atomic E-state index is 0.0334. The standard InChI is InChI=1S/C23H27N3O3/c1-16(10-11-19-8-5-13-29-19)24-22(27)18-7-4-12-26(15-18)23(28)21-14-17-6-2-3-9-20(17)25-21/h2-3,5-6,8-9,13-14,16,18,25H,4,7,10-12,15H2,1H3,(H,24,27)/t16-,18-/m1/s1. The van der Waals surface area contributed by atoms with Crippen molar-refractivity contribution in [1.82, 2.24) is 15.2 Å². The predicted molar refractivity (Wildman–Crippen MR) is 112 cm³/mol. The van der Waals surface area contributed by atoms with E-state index in [4.69, 9.17) is 4.42 Å². The highest BCUT2D eigenvalue weighted by Crippen LogP contribution is 2.21. The number of hydrogen-bond donors (Lipinski definition) is 2. The van der Waals surface area contributed by atoms with Gasteiger partial charge in [0.2, 0.25) is 5.91 Å². The van der Waals surface area contributed by atoms with Crippen molar-refractivity contribution in [3.8, 4) is 0 Å². The van der Waals surface area contributed by atoms with E-state index in [1.54, 1.807) is 11.2 Å². The van der Waals surface area contributed by atoms with Gasteiger partial charge in [0, 0.05) is 36.5 Å². The van der Waals surface area contributed by atoms with Crippen molar-refractivity contribution < 1.29 is 14.0 Å². The van der Waals surface area contributed by atoms with Gasteiger partial charge < -0.3 is 19.6 Å². The number of benzene rings is 1. The molecule has 2 N–H and O–H groups in total. The van der Waals surface area contributed by atoms with Crippen molar-refractivity contribution in [3.63, 3.8) is 0 Å². The van der Waals surface area contributed by atoms with Crippen molar-refractivity contribution in [2.45, 2.75) is 38.6 Å². The van der Waals surface area contributed by atoms with Gasteiger partial charge in [-0.15, -0.1) is 0 Å². The normalized spacial score (nSPS) is 18.0. The monoisotopic (exact) mass is 393 g/mol. The molecule has 0 radical (unpaired) electrons. The Balaban J connectivity index is 1.33. The van der Waals surface area contributed by atoms with E-state index < -0.39 is 0 Å². The number of hydrogen-bond acceptors (Lipinski definition) is 3. The van der Waals surface area contributed by atoms with Crippen LogP contribution in [0.15, 0.2) is 53.1 Å². The fourth-order valence-corrected chi connectivity index (χ4v) is 3.98. The molecule has 1 aliphatic rings. The van der Waals surface area contributed by atoms with Crippen LogP contribution in [-0.2, 0) is 11.2 Å². The van der Waals surface area contributed by atoms with Crippen LogP contribution in [-0.4, -0.2) is 40.8 Å². The minimum atomic E-state index is -0.164. The zero-order valence-corrected chi connectivity index (χ0v) is 16.7. The molecular weight excluding hydrogens is 366 g/mol. The number of carbonyl (C=O) groups excluding carboxylic acids is 2. The molecule has 6 heteroatoms. The third-order valence-electron chi connectivity index (χ3n) is 5.63. The summed E-state index contributed by atoms with van der Waals surface area (Å²) in [6.45, 7) is 3.16. The lowest BCUT2D eigenvalue weighted by molar-refractivity contribution is -0.127. The first-order chi connectivity index (χ1) is 14.1. The average molecular weight is 393 g/mol. The van der Waals surface area contributed by atoms with Gasteiger partial charge in [-0.2, -0.15) is 0 Å². The Hall–Kier alpha value is -3.02. The number of rotatable bonds is 6. The van der Waals surface area contributed by atoms with Gasteiger partial charge in [0.05, 0.1) is 12.2 Å². The Morgan fingerprint density at radius 2 is 2.14 bits per heavy atom. The quantitative estimate of drug-likeness (QED) is 0.669. The number of aromatic amines is 1. The molecule has 0 aliphatic carbocycles. The Morgan fingerprint density at radius 1 is 1.28 bits per heavy atom. The van der Waals surface area contributed by atoms with Gasteiger partial charge in [-0.1, -0.05) is 18.2 Å². The molecule has 3 aromatic rings. The Bertz CT molecular complexity index is 943. The van der Waals surface area contributed by atoms with Crippen LogP contribution in [0.3, 0.4) is 0 Å². The summed E-state index contributed by atoms with van der Waals surface area (Å²) >= 11 is 0. The van der Waals surface area contributed by atoms with Crippen molar-refractivity contribution in [1.29, 1.82) is 0 Å². The number of H-pyrrole nitrogens is 1. The van der Waals surface area contributed by atoms with Gasteiger partial charge >= 0.3 is 0 Å². The van der Waals surface area contributed by atoms with Crippen molar-refractivity contribution in [2.75, 3.05) is 13.1 Å². The van der Waals surface area contributed by atoms with E-state index in [0.29, 0.717) is 18.8 Å². The maximum atomic E-state index is 12.9. The molecule has 2 aromatic heterocycles. The zero-order valence-electron chi connectivity index (χ0n) is 16.7. The van der Waals surface area contributed by atoms with Crippen molar-refractivity contribution in [3.05, 3.63) is 60.2 Å². The Morgan fingerprint density at radius 3 is 2.93 bits per heavy atom. The molecule has 1 aliphatic heterocycles. The van der Waals surface area contributed by atoms with E-state index in [1.165, 1.54) is 0 Å². The number of nitrogens with zero attached hydrogens (tertiary/aromatic N) is 1. The largest absolute Gasteiger partial charge is 0.469 e. The van der Waals surface area contributed by atoms with Crippen LogP contribution < -0.4 is 5.32 Å². The Kier molecular flexibility index (Phi) is 5.69. The van der Waals surface area contributed by atoms with E-state index >= 15 is 0 Å². The number of fused-ring (bicyclic) bond motifs is 1. The van der Waals surface area contributed by atoms with E-state index in [1.807, 2.05) is 49.4 Å². The van der Waals surface area contributed by atoms with E-state index in [0.717, 1.165) is 42.3 Å². The number of aryl methyl sites for hydroxylation is 1. The maximum absolute atomic E-state index is 12.9. The summed E-state index contributed by atoms with van der Waals surface area (Å²) in [7, 11) is 0. The van der Waals surface area contributed by atoms with E-state index in [9.17, 15) is 9.59 Å². The van der Waals surface area contributed by atoms with Gasteiger partial charge in [0.1, 0.15) is 11.5 Å². The lowest BCUT2D eigenvalue weighted by Crippen LogP contribution is -2.47. The van der Waals surface area contributed by atoms with Gasteiger partial charge in [0.15, 0.2) is 0 Å². The summed E-state index contributed by atoms with van der Waals surface area (Å²) < 4.78 is 5.35. The SMILES string of the molecule is C[C@H](CCc1ccco1)NC(=O)[C@@H]1CCCN(C(=O)c2cc3ccccc3[nH]2)C1. The molecule has 6 nitrogen and oxygen atoms in total. The first-order valence-corrected chi connectivity index (χ1v) is 10.3. The molecule has 0 unspecified atom stereocenters. The van der Waals surface area contributed by atoms with E-state index in [-0.39, 0.29) is 23.8 Å². The Labute approximate surface area is 170 Å². The molecule has 0 spiro atoms. The van der Waals surface area contributed by atoms with Crippen LogP contribution in [0.25, 0.3) is 10.9 Å².